The van der Waals surface area contributed by atoms with Gasteiger partial charge in [-0.1, -0.05) is 0 Å². The van der Waals surface area contributed by atoms with Gasteiger partial charge in [0.05, 0.1) is 0 Å². The molecule has 2 heteroatoms. The monoisotopic (exact) mass is 470 g/mol. The Kier molecular flexibility index (Phi) is 11.3. The molecule has 0 nitrogen and oxygen atoms in total. The Morgan fingerprint density at radius 3 is 0.833 bits per heavy atom. The molecule has 0 saturated carbocycles. The number of hydrogen-bond donors (Lipinski definition) is 0. The molecule has 0 aliphatic rings. The van der Waals surface area contributed by atoms with Gasteiger partial charge in [-0.05, 0) is 0 Å². The van der Waals surface area contributed by atoms with E-state index >= 15 is 0 Å². The van der Waals surface area contributed by atoms with Crippen molar-refractivity contribution in [3.63, 3.8) is 0 Å². The van der Waals surface area contributed by atoms with Crippen LogP contribution < -0.4 is 0 Å². The first kappa shape index (κ1) is 19.6. The Labute approximate surface area is 125 Å². The second-order valence-corrected chi connectivity index (χ2v) is 40.5. The predicted molar refractivity (Wildman–Crippen MR) is 93.2 cm³/mol. The van der Waals surface area contributed by atoms with E-state index in [1.54, 1.807) is 8.87 Å². The van der Waals surface area contributed by atoms with Crippen molar-refractivity contribution in [1.29, 1.82) is 0 Å². The summed E-state index contributed by atoms with van der Waals surface area (Å²) in [6.07, 6.45) is 12.1. The predicted octanol–water partition coefficient (Wildman–Crippen LogP) is 6.78. The van der Waals surface area contributed by atoms with Crippen LogP contribution in [-0.2, 0) is 0 Å². The van der Waals surface area contributed by atoms with Crippen molar-refractivity contribution in [1.82, 2.24) is 0 Å². The number of hydrogen-bond acceptors (Lipinski definition) is 0. The third-order valence-corrected chi connectivity index (χ3v) is 14.2. The van der Waals surface area contributed by atoms with Gasteiger partial charge in [-0.3, -0.25) is 0 Å². The fourth-order valence-electron chi connectivity index (χ4n) is 2.37. The Morgan fingerprint density at radius 1 is 0.389 bits per heavy atom. The van der Waals surface area contributed by atoms with Crippen LogP contribution in [0.5, 0.6) is 0 Å². The fraction of sp³-hybridized carbons (Fsp3) is 1.00. The Hall–Kier alpha value is 1.60. The van der Waals surface area contributed by atoms with Gasteiger partial charge in [-0.25, -0.2) is 0 Å². The van der Waals surface area contributed by atoms with Crippen molar-refractivity contribution in [2.75, 3.05) is 0 Å². The first-order valence-corrected chi connectivity index (χ1v) is 29.4. The molecule has 0 radical (unpaired) electrons. The molecule has 110 valence electrons. The van der Waals surface area contributed by atoms with Crippen LogP contribution >= 0.6 is 0 Å². The first-order chi connectivity index (χ1) is 8.21. The van der Waals surface area contributed by atoms with Crippen LogP contribution in [0.15, 0.2) is 0 Å². The minimum absolute atomic E-state index is 1.42. The molecule has 0 aromatic carbocycles. The van der Waals surface area contributed by atoms with Crippen molar-refractivity contribution in [3.05, 3.63) is 0 Å². The van der Waals surface area contributed by atoms with E-state index in [1.807, 2.05) is 0 Å². The van der Waals surface area contributed by atoms with E-state index in [2.05, 4.69) is 29.6 Å². The van der Waals surface area contributed by atoms with E-state index in [1.165, 1.54) is 51.4 Å². The zero-order valence-electron chi connectivity index (χ0n) is 14.1. The molecule has 0 aliphatic heterocycles. The van der Waals surface area contributed by atoms with Gasteiger partial charge in [0.15, 0.2) is 0 Å². The normalized spacial score (nSPS) is 13.0. The van der Waals surface area contributed by atoms with Gasteiger partial charge in [-0.2, -0.15) is 0 Å². The first-order valence-electron chi connectivity index (χ1n) is 8.21. The summed E-state index contributed by atoms with van der Waals surface area (Å²) < 4.78 is 3.21. The molecule has 18 heavy (non-hydrogen) atoms. The van der Waals surface area contributed by atoms with Gasteiger partial charge >= 0.3 is 127 Å². The SMILES string of the molecule is [CH3][Sn]([CH3])([CH3])[CH2]CCCCCCCC[CH2][Sn]([CH3])([CH3])[CH3]. The summed E-state index contributed by atoms with van der Waals surface area (Å²) in [5, 5.41) is 0. The molecule has 0 heterocycles. The molecule has 0 aromatic heterocycles. The van der Waals surface area contributed by atoms with E-state index < -0.39 is 36.8 Å². The van der Waals surface area contributed by atoms with Gasteiger partial charge in [0.2, 0.25) is 0 Å². The second kappa shape index (κ2) is 10.3. The van der Waals surface area contributed by atoms with Crippen molar-refractivity contribution in [3.8, 4) is 0 Å². The molecule has 0 atom stereocenters. The van der Waals surface area contributed by atoms with Crippen LogP contribution in [0.4, 0.5) is 0 Å². The summed E-state index contributed by atoms with van der Waals surface area (Å²) in [4.78, 5) is 15.4. The molecule has 0 rings (SSSR count). The molecule has 0 N–H and O–H groups in total. The van der Waals surface area contributed by atoms with Crippen molar-refractivity contribution in [2.24, 2.45) is 0 Å². The van der Waals surface area contributed by atoms with Crippen molar-refractivity contribution >= 4 is 36.8 Å². The summed E-state index contributed by atoms with van der Waals surface area (Å²) in [5.41, 5.74) is 0. The van der Waals surface area contributed by atoms with Crippen LogP contribution in [0.1, 0.15) is 51.4 Å². The molecule has 0 unspecified atom stereocenters. The summed E-state index contributed by atoms with van der Waals surface area (Å²) in [6, 6.07) is 0. The second-order valence-electron chi connectivity index (χ2n) is 8.45. The van der Waals surface area contributed by atoms with Crippen LogP contribution in [0, 0.1) is 0 Å². The van der Waals surface area contributed by atoms with E-state index in [0.717, 1.165) is 0 Å². The van der Waals surface area contributed by atoms with Crippen molar-refractivity contribution < 1.29 is 0 Å². The fourth-order valence-corrected chi connectivity index (χ4v) is 9.85. The maximum atomic E-state index is 2.56. The standard InChI is InChI=1S/C10H20.6CH3.2Sn/c1-3-5-7-9-10-8-6-4-2;;;;;;;;/h1-10H2;6*1H3;;. The Balaban J connectivity index is 3.13. The van der Waals surface area contributed by atoms with E-state index in [9.17, 15) is 0 Å². The maximum absolute atomic E-state index is 2.56. The number of unbranched alkanes of at least 4 members (excludes halogenated alkanes) is 7. The Bertz CT molecular complexity index is 164. The average molecular weight is 468 g/mol. The minimum atomic E-state index is -1.42. The topological polar surface area (TPSA) is 0 Å². The van der Waals surface area contributed by atoms with Crippen LogP contribution in [0.25, 0.3) is 0 Å². The van der Waals surface area contributed by atoms with E-state index in [-0.39, 0.29) is 0 Å². The molecular formula is C16H38Sn2. The van der Waals surface area contributed by atoms with Gasteiger partial charge in [0, 0.05) is 0 Å². The average Bonchev–Trinajstić information content (AvgIpc) is 2.17. The summed E-state index contributed by atoms with van der Waals surface area (Å²) >= 11 is -2.84. The molecule has 0 fully saturated rings. The summed E-state index contributed by atoms with van der Waals surface area (Å²) in [5.74, 6) is 0. The molecule has 0 spiro atoms. The van der Waals surface area contributed by atoms with Gasteiger partial charge < -0.3 is 0 Å². The molecule has 0 saturated heterocycles. The van der Waals surface area contributed by atoms with E-state index in [4.69, 9.17) is 0 Å². The molecule has 0 bridgehead atoms. The summed E-state index contributed by atoms with van der Waals surface area (Å²) in [7, 11) is 0. The third kappa shape index (κ3) is 17.6. The molecule has 0 amide bonds. The molecular weight excluding hydrogens is 430 g/mol. The van der Waals surface area contributed by atoms with Gasteiger partial charge in [-0.15, -0.1) is 0 Å². The van der Waals surface area contributed by atoms with Crippen LogP contribution in [-0.4, -0.2) is 36.8 Å². The quantitative estimate of drug-likeness (QED) is 0.232. The Morgan fingerprint density at radius 2 is 0.611 bits per heavy atom. The van der Waals surface area contributed by atoms with E-state index in [0.29, 0.717) is 0 Å². The zero-order chi connectivity index (χ0) is 14.1. The third-order valence-electron chi connectivity index (χ3n) is 3.60. The van der Waals surface area contributed by atoms with Gasteiger partial charge in [0.1, 0.15) is 0 Å². The van der Waals surface area contributed by atoms with Gasteiger partial charge in [0.25, 0.3) is 0 Å². The van der Waals surface area contributed by atoms with Crippen LogP contribution in [0.3, 0.4) is 0 Å². The van der Waals surface area contributed by atoms with Crippen LogP contribution in [0.2, 0.25) is 38.5 Å². The zero-order valence-corrected chi connectivity index (χ0v) is 19.8. The van der Waals surface area contributed by atoms with Crippen molar-refractivity contribution in [2.45, 2.75) is 89.9 Å². The summed E-state index contributed by atoms with van der Waals surface area (Å²) in [6.45, 7) is 0. The molecule has 0 aliphatic carbocycles. The number of rotatable bonds is 11. The molecule has 0 aromatic rings.